The Bertz CT molecular complexity index is 535. The minimum Gasteiger partial charge on any atom is -0.394 e. The van der Waals surface area contributed by atoms with Gasteiger partial charge in [0.1, 0.15) is 5.75 Å². The van der Waals surface area contributed by atoms with Crippen molar-refractivity contribution < 1.29 is 36.7 Å². The molecule has 0 atom stereocenters. The van der Waals surface area contributed by atoms with Gasteiger partial charge in [-0.1, -0.05) is 30.3 Å². The Kier molecular flexibility index (Phi) is 13.3. The van der Waals surface area contributed by atoms with Crippen molar-refractivity contribution in [2.75, 3.05) is 66.1 Å². The Hall–Kier alpha value is -1.07. The van der Waals surface area contributed by atoms with E-state index >= 15 is 0 Å². The van der Waals surface area contributed by atoms with Gasteiger partial charge in [0.25, 0.3) is 10.1 Å². The van der Waals surface area contributed by atoms with Crippen molar-refractivity contribution in [2.45, 2.75) is 5.75 Å². The van der Waals surface area contributed by atoms with Crippen LogP contribution in [0, 0.1) is 0 Å². The van der Waals surface area contributed by atoms with Gasteiger partial charge in [-0.25, -0.2) is 0 Å². The van der Waals surface area contributed by atoms with E-state index in [2.05, 4.69) is 0 Å². The summed E-state index contributed by atoms with van der Waals surface area (Å²) in [4.78, 5) is 0. The maximum Gasteiger partial charge on any atom is 0.271 e. The summed E-state index contributed by atoms with van der Waals surface area (Å²) in [5.74, 6) is -0.151. The Morgan fingerprint density at radius 2 is 1.15 bits per heavy atom. The molecule has 0 aliphatic rings. The first kappa shape index (κ1) is 23.0. The first-order chi connectivity index (χ1) is 12.6. The fraction of sp³-hybridized carbons (Fsp3) is 0.647. The van der Waals surface area contributed by atoms with Crippen LogP contribution in [0.25, 0.3) is 0 Å². The molecule has 0 saturated carbocycles. The van der Waals surface area contributed by atoms with Gasteiger partial charge in [0, 0.05) is 0 Å². The van der Waals surface area contributed by atoms with E-state index < -0.39 is 10.1 Å². The molecule has 0 aliphatic heterocycles. The van der Waals surface area contributed by atoms with Crippen molar-refractivity contribution in [1.29, 1.82) is 0 Å². The first-order valence-corrected chi connectivity index (χ1v) is 10.0. The van der Waals surface area contributed by atoms with Crippen LogP contribution in [0.2, 0.25) is 0 Å². The zero-order valence-electron chi connectivity index (χ0n) is 14.9. The number of benzene rings is 1. The van der Waals surface area contributed by atoms with Crippen LogP contribution in [-0.4, -0.2) is 79.6 Å². The molecule has 0 aromatic heterocycles. The molecule has 0 saturated heterocycles. The molecule has 1 N–H and O–H groups in total. The molecular formula is C17H28O8S. The fourth-order valence-electron chi connectivity index (χ4n) is 1.87. The van der Waals surface area contributed by atoms with E-state index in [1.165, 1.54) is 0 Å². The first-order valence-electron chi connectivity index (χ1n) is 8.47. The SMILES string of the molecule is O=S(=O)(Cc1ccccc1)OCCOCCOCCOCCOCCO. The third-order valence-corrected chi connectivity index (χ3v) is 4.24. The lowest BCUT2D eigenvalue weighted by molar-refractivity contribution is -0.00764. The van der Waals surface area contributed by atoms with Gasteiger partial charge >= 0.3 is 0 Å². The highest BCUT2D eigenvalue weighted by Crippen LogP contribution is 2.06. The molecule has 8 nitrogen and oxygen atoms in total. The number of rotatable bonds is 17. The van der Waals surface area contributed by atoms with Crippen LogP contribution in [-0.2, 0) is 39.0 Å². The van der Waals surface area contributed by atoms with Gasteiger partial charge in [0.05, 0.1) is 66.1 Å². The lowest BCUT2D eigenvalue weighted by Gasteiger charge is -2.08. The lowest BCUT2D eigenvalue weighted by atomic mass is 10.2. The van der Waals surface area contributed by atoms with E-state index in [0.717, 1.165) is 0 Å². The summed E-state index contributed by atoms with van der Waals surface area (Å²) in [5.41, 5.74) is 0.684. The maximum absolute atomic E-state index is 11.8. The lowest BCUT2D eigenvalue weighted by Crippen LogP contribution is -2.15. The smallest absolute Gasteiger partial charge is 0.271 e. The number of aliphatic hydroxyl groups is 1. The van der Waals surface area contributed by atoms with E-state index in [-0.39, 0.29) is 25.6 Å². The number of ether oxygens (including phenoxy) is 4. The van der Waals surface area contributed by atoms with E-state index in [1.54, 1.807) is 24.3 Å². The fourth-order valence-corrected chi connectivity index (χ4v) is 2.87. The second-order valence-electron chi connectivity index (χ2n) is 5.18. The molecular weight excluding hydrogens is 364 g/mol. The quantitative estimate of drug-likeness (QED) is 0.304. The van der Waals surface area contributed by atoms with E-state index in [4.69, 9.17) is 28.2 Å². The molecule has 9 heteroatoms. The molecule has 0 bridgehead atoms. The maximum atomic E-state index is 11.8. The van der Waals surface area contributed by atoms with Crippen molar-refractivity contribution in [2.24, 2.45) is 0 Å². The highest BCUT2D eigenvalue weighted by Gasteiger charge is 2.11. The molecule has 0 heterocycles. The summed E-state index contributed by atoms with van der Waals surface area (Å²) in [6.07, 6.45) is 0. The van der Waals surface area contributed by atoms with E-state index in [1.807, 2.05) is 6.07 Å². The summed E-state index contributed by atoms with van der Waals surface area (Å²) in [6.45, 7) is 2.99. The van der Waals surface area contributed by atoms with Crippen molar-refractivity contribution in [3.05, 3.63) is 35.9 Å². The van der Waals surface area contributed by atoms with Crippen LogP contribution in [0.4, 0.5) is 0 Å². The minimum atomic E-state index is -3.60. The third kappa shape index (κ3) is 13.2. The van der Waals surface area contributed by atoms with Crippen LogP contribution >= 0.6 is 0 Å². The van der Waals surface area contributed by atoms with Crippen molar-refractivity contribution >= 4 is 10.1 Å². The normalized spacial score (nSPS) is 11.7. The summed E-state index contributed by atoms with van der Waals surface area (Å²) in [6, 6.07) is 8.86. The van der Waals surface area contributed by atoms with Gasteiger partial charge in [-0.3, -0.25) is 4.18 Å². The summed E-state index contributed by atoms with van der Waals surface area (Å²) in [7, 11) is -3.60. The molecule has 150 valence electrons. The second kappa shape index (κ2) is 15.0. The van der Waals surface area contributed by atoms with Crippen LogP contribution in [0.3, 0.4) is 0 Å². The number of hydrogen-bond acceptors (Lipinski definition) is 8. The molecule has 1 rings (SSSR count). The topological polar surface area (TPSA) is 101 Å². The van der Waals surface area contributed by atoms with Gasteiger partial charge in [-0.05, 0) is 5.56 Å². The zero-order chi connectivity index (χ0) is 18.9. The van der Waals surface area contributed by atoms with Crippen molar-refractivity contribution in [1.82, 2.24) is 0 Å². The average molecular weight is 392 g/mol. The standard InChI is InChI=1S/C17H28O8S/c18-6-7-21-8-9-22-10-11-23-12-13-24-14-15-25-26(19,20)16-17-4-2-1-3-5-17/h1-5,18H,6-16H2. The average Bonchev–Trinajstić information content (AvgIpc) is 2.62. The Balaban J connectivity index is 1.88. The van der Waals surface area contributed by atoms with Gasteiger partial charge in [-0.15, -0.1) is 0 Å². The van der Waals surface area contributed by atoms with Crippen LogP contribution < -0.4 is 0 Å². The van der Waals surface area contributed by atoms with Gasteiger partial charge < -0.3 is 24.1 Å². The molecule has 0 spiro atoms. The van der Waals surface area contributed by atoms with Crippen LogP contribution in [0.15, 0.2) is 30.3 Å². The molecule has 1 aromatic rings. The molecule has 0 unspecified atom stereocenters. The molecule has 26 heavy (non-hydrogen) atoms. The minimum absolute atomic E-state index is 0.00705. The number of aliphatic hydroxyl groups excluding tert-OH is 1. The predicted molar refractivity (Wildman–Crippen MR) is 95.4 cm³/mol. The zero-order valence-corrected chi connectivity index (χ0v) is 15.7. The highest BCUT2D eigenvalue weighted by atomic mass is 32.2. The summed E-state index contributed by atoms with van der Waals surface area (Å²) >= 11 is 0. The molecule has 0 radical (unpaired) electrons. The summed E-state index contributed by atoms with van der Waals surface area (Å²) in [5, 5.41) is 8.51. The third-order valence-electron chi connectivity index (χ3n) is 3.03. The van der Waals surface area contributed by atoms with E-state index in [0.29, 0.717) is 51.8 Å². The van der Waals surface area contributed by atoms with Crippen LogP contribution in [0.1, 0.15) is 5.56 Å². The van der Waals surface area contributed by atoms with Crippen molar-refractivity contribution in [3.63, 3.8) is 0 Å². The predicted octanol–water partition coefficient (Wildman–Crippen LogP) is 0.592. The monoisotopic (exact) mass is 392 g/mol. The van der Waals surface area contributed by atoms with Gasteiger partial charge in [0.15, 0.2) is 0 Å². The molecule has 0 aliphatic carbocycles. The highest BCUT2D eigenvalue weighted by molar-refractivity contribution is 7.85. The second-order valence-corrected chi connectivity index (χ2v) is 6.82. The Morgan fingerprint density at radius 1 is 0.692 bits per heavy atom. The van der Waals surface area contributed by atoms with E-state index in [9.17, 15) is 8.42 Å². The Morgan fingerprint density at radius 3 is 1.65 bits per heavy atom. The number of hydrogen-bond donors (Lipinski definition) is 1. The molecule has 0 fully saturated rings. The largest absolute Gasteiger partial charge is 0.394 e. The van der Waals surface area contributed by atoms with Crippen LogP contribution in [0.5, 0.6) is 0 Å². The van der Waals surface area contributed by atoms with Crippen molar-refractivity contribution in [3.8, 4) is 0 Å². The van der Waals surface area contributed by atoms with Gasteiger partial charge in [-0.2, -0.15) is 8.42 Å². The molecule has 1 aromatic carbocycles. The Labute approximate surface area is 155 Å². The molecule has 0 amide bonds. The summed E-state index contributed by atoms with van der Waals surface area (Å²) < 4.78 is 49.3. The van der Waals surface area contributed by atoms with Gasteiger partial charge in [0.2, 0.25) is 0 Å².